The maximum Gasteiger partial charge on any atom is 0.0848 e. The van der Waals surface area contributed by atoms with E-state index in [0.29, 0.717) is 6.42 Å². The van der Waals surface area contributed by atoms with Crippen LogP contribution in [0.4, 0.5) is 0 Å². The number of aryl methyl sites for hydroxylation is 1. The molecule has 0 bridgehead atoms. The number of hydrogen-bond acceptors (Lipinski definition) is 3. The highest BCUT2D eigenvalue weighted by Crippen LogP contribution is 2.24. The van der Waals surface area contributed by atoms with Crippen molar-refractivity contribution >= 4 is 15.9 Å². The predicted octanol–water partition coefficient (Wildman–Crippen LogP) is 1.99. The number of aromatic nitrogens is 3. The Kier molecular flexibility index (Phi) is 3.31. The van der Waals surface area contributed by atoms with E-state index in [1.807, 2.05) is 44.4 Å². The van der Waals surface area contributed by atoms with Crippen LogP contribution in [0.5, 0.6) is 0 Å². The quantitative estimate of drug-likeness (QED) is 0.942. The van der Waals surface area contributed by atoms with Crippen molar-refractivity contribution in [3.05, 3.63) is 46.2 Å². The van der Waals surface area contributed by atoms with Crippen LogP contribution >= 0.6 is 15.9 Å². The van der Waals surface area contributed by atoms with Gasteiger partial charge in [0.1, 0.15) is 0 Å². The summed E-state index contributed by atoms with van der Waals surface area (Å²) in [6.07, 6.45) is 2.56. The lowest BCUT2D eigenvalue weighted by Gasteiger charge is -2.24. The van der Waals surface area contributed by atoms with Crippen LogP contribution in [0.2, 0.25) is 0 Å². The van der Waals surface area contributed by atoms with E-state index in [1.165, 1.54) is 0 Å². The lowest BCUT2D eigenvalue weighted by molar-refractivity contribution is 0.484. The molecular formula is C12H15BrN4. The van der Waals surface area contributed by atoms with E-state index < -0.39 is 5.54 Å². The van der Waals surface area contributed by atoms with Gasteiger partial charge in [0.15, 0.2) is 0 Å². The van der Waals surface area contributed by atoms with Crippen LogP contribution in [0.3, 0.4) is 0 Å². The van der Waals surface area contributed by atoms with E-state index in [0.717, 1.165) is 15.7 Å². The van der Waals surface area contributed by atoms with Gasteiger partial charge in [-0.15, -0.1) is 5.10 Å². The average Bonchev–Trinajstić information content (AvgIpc) is 2.63. The molecule has 0 radical (unpaired) electrons. The largest absolute Gasteiger partial charge is 0.321 e. The van der Waals surface area contributed by atoms with Crippen LogP contribution in [-0.2, 0) is 19.0 Å². The van der Waals surface area contributed by atoms with Crippen molar-refractivity contribution in [2.45, 2.75) is 18.9 Å². The first-order valence-corrected chi connectivity index (χ1v) is 6.17. The monoisotopic (exact) mass is 294 g/mol. The molecule has 2 aromatic rings. The van der Waals surface area contributed by atoms with Crippen LogP contribution < -0.4 is 5.73 Å². The fourth-order valence-corrected chi connectivity index (χ4v) is 2.20. The summed E-state index contributed by atoms with van der Waals surface area (Å²) in [6, 6.07) is 8.04. The molecular weight excluding hydrogens is 280 g/mol. The molecule has 0 aliphatic heterocycles. The zero-order valence-corrected chi connectivity index (χ0v) is 11.5. The van der Waals surface area contributed by atoms with Gasteiger partial charge in [0.25, 0.3) is 0 Å². The normalized spacial score (nSPS) is 14.6. The average molecular weight is 295 g/mol. The molecule has 2 rings (SSSR count). The Labute approximate surface area is 109 Å². The zero-order valence-electron chi connectivity index (χ0n) is 9.89. The lowest BCUT2D eigenvalue weighted by Crippen LogP contribution is -2.35. The van der Waals surface area contributed by atoms with Gasteiger partial charge in [-0.1, -0.05) is 33.3 Å². The number of hydrogen-bond donors (Lipinski definition) is 1. The van der Waals surface area contributed by atoms with E-state index in [9.17, 15) is 0 Å². The summed E-state index contributed by atoms with van der Waals surface area (Å²) in [5.74, 6) is 0. The summed E-state index contributed by atoms with van der Waals surface area (Å²) < 4.78 is 2.72. The van der Waals surface area contributed by atoms with Crippen molar-refractivity contribution in [2.24, 2.45) is 12.8 Å². The Morgan fingerprint density at radius 2 is 2.24 bits per heavy atom. The Bertz CT molecular complexity index is 519. The number of nitrogens with two attached hydrogens (primary N) is 1. The number of nitrogens with zero attached hydrogens (tertiary/aromatic N) is 3. The zero-order chi connectivity index (χ0) is 12.5. The van der Waals surface area contributed by atoms with Gasteiger partial charge in [-0.3, -0.25) is 4.68 Å². The van der Waals surface area contributed by atoms with Gasteiger partial charge in [-0.25, -0.2) is 0 Å². The molecule has 0 amide bonds. The van der Waals surface area contributed by atoms with E-state index in [2.05, 4.69) is 26.2 Å². The summed E-state index contributed by atoms with van der Waals surface area (Å²) in [4.78, 5) is 0. The maximum absolute atomic E-state index is 6.35. The number of halogens is 1. The minimum atomic E-state index is -0.445. The van der Waals surface area contributed by atoms with Gasteiger partial charge in [0, 0.05) is 29.7 Å². The molecule has 1 unspecified atom stereocenters. The van der Waals surface area contributed by atoms with E-state index in [4.69, 9.17) is 5.73 Å². The van der Waals surface area contributed by atoms with Crippen LogP contribution in [0, 0.1) is 0 Å². The molecule has 90 valence electrons. The summed E-state index contributed by atoms with van der Waals surface area (Å²) in [6.45, 7) is 2.00. The molecule has 1 atom stereocenters. The topological polar surface area (TPSA) is 56.7 Å². The van der Waals surface area contributed by atoms with E-state index in [-0.39, 0.29) is 0 Å². The van der Waals surface area contributed by atoms with Crippen molar-refractivity contribution in [1.29, 1.82) is 0 Å². The molecule has 17 heavy (non-hydrogen) atoms. The second-order valence-corrected chi connectivity index (χ2v) is 5.40. The third kappa shape index (κ3) is 2.92. The van der Waals surface area contributed by atoms with E-state index in [1.54, 1.807) is 4.68 Å². The molecule has 0 fully saturated rings. The van der Waals surface area contributed by atoms with Crippen molar-refractivity contribution in [3.8, 4) is 0 Å². The van der Waals surface area contributed by atoms with Crippen LogP contribution in [0.1, 0.15) is 18.2 Å². The standard InChI is InChI=1S/C12H15BrN4/c1-12(14,7-11-8-17(2)16-15-11)9-4-3-5-10(13)6-9/h3-6,8H,7,14H2,1-2H3. The molecule has 1 aromatic heterocycles. The van der Waals surface area contributed by atoms with Crippen LogP contribution in [-0.4, -0.2) is 15.0 Å². The fraction of sp³-hybridized carbons (Fsp3) is 0.333. The molecule has 0 saturated heterocycles. The molecule has 0 saturated carbocycles. The molecule has 5 heteroatoms. The molecule has 1 aromatic carbocycles. The van der Waals surface area contributed by atoms with Gasteiger partial charge >= 0.3 is 0 Å². The molecule has 0 aliphatic rings. The first kappa shape index (κ1) is 12.3. The second-order valence-electron chi connectivity index (χ2n) is 4.49. The van der Waals surface area contributed by atoms with Gasteiger partial charge < -0.3 is 5.73 Å². The summed E-state index contributed by atoms with van der Waals surface area (Å²) in [7, 11) is 1.85. The fourth-order valence-electron chi connectivity index (χ4n) is 1.80. The lowest BCUT2D eigenvalue weighted by atomic mass is 9.89. The van der Waals surface area contributed by atoms with Gasteiger partial charge in [0.2, 0.25) is 0 Å². The van der Waals surface area contributed by atoms with Gasteiger partial charge in [-0.05, 0) is 24.6 Å². The summed E-state index contributed by atoms with van der Waals surface area (Å²) in [5.41, 5.74) is 7.89. The first-order valence-electron chi connectivity index (χ1n) is 5.37. The Morgan fingerprint density at radius 1 is 1.47 bits per heavy atom. The summed E-state index contributed by atoms with van der Waals surface area (Å²) >= 11 is 3.46. The van der Waals surface area contributed by atoms with Crippen molar-refractivity contribution < 1.29 is 0 Å². The van der Waals surface area contributed by atoms with Crippen molar-refractivity contribution in [1.82, 2.24) is 15.0 Å². The molecule has 2 N–H and O–H groups in total. The Hall–Kier alpha value is -1.20. The number of rotatable bonds is 3. The molecule has 0 aliphatic carbocycles. The smallest absolute Gasteiger partial charge is 0.0848 e. The predicted molar refractivity (Wildman–Crippen MR) is 70.4 cm³/mol. The van der Waals surface area contributed by atoms with E-state index >= 15 is 0 Å². The Balaban J connectivity index is 2.24. The van der Waals surface area contributed by atoms with Gasteiger partial charge in [-0.2, -0.15) is 0 Å². The highest BCUT2D eigenvalue weighted by molar-refractivity contribution is 9.10. The van der Waals surface area contributed by atoms with Crippen molar-refractivity contribution in [2.75, 3.05) is 0 Å². The second kappa shape index (κ2) is 4.58. The Morgan fingerprint density at radius 3 is 2.82 bits per heavy atom. The SMILES string of the molecule is Cn1cc(CC(C)(N)c2cccc(Br)c2)nn1. The number of benzene rings is 1. The first-order chi connectivity index (χ1) is 7.97. The van der Waals surface area contributed by atoms with Crippen LogP contribution in [0.25, 0.3) is 0 Å². The molecule has 4 nitrogen and oxygen atoms in total. The summed E-state index contributed by atoms with van der Waals surface area (Å²) in [5, 5.41) is 7.98. The minimum Gasteiger partial charge on any atom is -0.321 e. The molecule has 1 heterocycles. The highest BCUT2D eigenvalue weighted by Gasteiger charge is 2.23. The highest BCUT2D eigenvalue weighted by atomic mass is 79.9. The third-order valence-corrected chi connectivity index (χ3v) is 3.18. The van der Waals surface area contributed by atoms with Gasteiger partial charge in [0.05, 0.1) is 5.69 Å². The molecule has 0 spiro atoms. The van der Waals surface area contributed by atoms with Crippen LogP contribution in [0.15, 0.2) is 34.9 Å². The van der Waals surface area contributed by atoms with Crippen molar-refractivity contribution in [3.63, 3.8) is 0 Å². The minimum absolute atomic E-state index is 0.445. The third-order valence-electron chi connectivity index (χ3n) is 2.68. The maximum atomic E-state index is 6.35.